The summed E-state index contributed by atoms with van der Waals surface area (Å²) in [4.78, 5) is 4.01. The molecule has 0 aromatic carbocycles. The zero-order chi connectivity index (χ0) is 11.3. The van der Waals surface area contributed by atoms with E-state index >= 15 is 0 Å². The average Bonchev–Trinajstić information content (AvgIpc) is 2.13. The highest BCUT2D eigenvalue weighted by Gasteiger charge is 2.27. The van der Waals surface area contributed by atoms with Gasteiger partial charge in [-0.05, 0) is 30.3 Å². The summed E-state index contributed by atoms with van der Waals surface area (Å²) in [5, 5.41) is 2.85. The quantitative estimate of drug-likeness (QED) is 0.813. The molecule has 1 heterocycles. The molecule has 0 unspecified atom stereocenters. The summed E-state index contributed by atoms with van der Waals surface area (Å²) in [5.74, 6) is 0.625. The Morgan fingerprint density at radius 2 is 2.20 bits per heavy atom. The van der Waals surface area contributed by atoms with Crippen LogP contribution in [0.25, 0.3) is 0 Å². The Morgan fingerprint density at radius 1 is 1.47 bits per heavy atom. The molecular weight excluding hydrogens is 225 g/mol. The van der Waals surface area contributed by atoms with Gasteiger partial charge in [0, 0.05) is 18.5 Å². The number of aryl methyl sites for hydroxylation is 1. The van der Waals surface area contributed by atoms with Gasteiger partial charge in [0.05, 0.1) is 0 Å². The predicted molar refractivity (Wildman–Crippen MR) is 56.0 cm³/mol. The first kappa shape index (κ1) is 12.2. The summed E-state index contributed by atoms with van der Waals surface area (Å²) in [6, 6.07) is 3.64. The van der Waals surface area contributed by atoms with Crippen molar-refractivity contribution in [1.82, 2.24) is 4.98 Å². The molecule has 0 bridgehead atoms. The van der Waals surface area contributed by atoms with Crippen LogP contribution in [0, 0.1) is 6.92 Å². The molecule has 0 radical (unpaired) electrons. The molecule has 1 aromatic rings. The van der Waals surface area contributed by atoms with Crippen LogP contribution in [0.4, 0.5) is 19.0 Å². The zero-order valence-corrected chi connectivity index (χ0v) is 8.95. The van der Waals surface area contributed by atoms with Gasteiger partial charge in [0.2, 0.25) is 0 Å². The van der Waals surface area contributed by atoms with Gasteiger partial charge in [-0.3, -0.25) is 0 Å². The number of halogens is 3. The first-order chi connectivity index (χ1) is 6.99. The number of pyridine rings is 1. The van der Waals surface area contributed by atoms with Crippen molar-refractivity contribution < 1.29 is 13.2 Å². The van der Waals surface area contributed by atoms with Crippen LogP contribution in [0.1, 0.15) is 5.56 Å². The Bertz CT molecular complexity index is 314. The molecule has 6 heteroatoms. The maximum Gasteiger partial charge on any atom is 0.441 e. The number of rotatable bonds is 4. The second kappa shape index (κ2) is 5.25. The first-order valence-corrected chi connectivity index (χ1v) is 5.34. The van der Waals surface area contributed by atoms with Gasteiger partial charge >= 0.3 is 5.51 Å². The second-order valence-corrected chi connectivity index (χ2v) is 4.05. The molecular formula is C9H11F3N2S. The molecule has 1 aromatic heterocycles. The fourth-order valence-electron chi connectivity index (χ4n) is 1.01. The maximum atomic E-state index is 11.8. The lowest BCUT2D eigenvalue weighted by Gasteiger charge is -2.08. The van der Waals surface area contributed by atoms with Crippen LogP contribution in [0.3, 0.4) is 0 Å². The molecule has 0 atom stereocenters. The van der Waals surface area contributed by atoms with E-state index in [-0.39, 0.29) is 24.1 Å². The first-order valence-electron chi connectivity index (χ1n) is 4.35. The number of alkyl halides is 3. The molecule has 1 rings (SSSR count). The van der Waals surface area contributed by atoms with Crippen molar-refractivity contribution in [3.05, 3.63) is 23.9 Å². The molecule has 0 aliphatic rings. The smallest absolute Gasteiger partial charge is 0.369 e. The fourth-order valence-corrected chi connectivity index (χ4v) is 1.44. The monoisotopic (exact) mass is 236 g/mol. The Balaban J connectivity index is 2.30. The number of anilines is 1. The van der Waals surface area contributed by atoms with Crippen molar-refractivity contribution in [2.75, 3.05) is 17.6 Å². The van der Waals surface area contributed by atoms with Crippen molar-refractivity contribution in [3.63, 3.8) is 0 Å². The minimum absolute atomic E-state index is 0.0144. The van der Waals surface area contributed by atoms with E-state index in [9.17, 15) is 13.2 Å². The lowest BCUT2D eigenvalue weighted by molar-refractivity contribution is -0.0327. The summed E-state index contributed by atoms with van der Waals surface area (Å²) in [6.07, 6.45) is 1.60. The third-order valence-corrected chi connectivity index (χ3v) is 2.41. The highest BCUT2D eigenvalue weighted by molar-refractivity contribution is 8.00. The third-order valence-electron chi connectivity index (χ3n) is 1.67. The van der Waals surface area contributed by atoms with Crippen LogP contribution in [0.5, 0.6) is 0 Å². The number of thioether (sulfide) groups is 1. The molecule has 84 valence electrons. The van der Waals surface area contributed by atoms with Crippen LogP contribution in [0.2, 0.25) is 0 Å². The van der Waals surface area contributed by atoms with E-state index in [1.54, 1.807) is 12.3 Å². The van der Waals surface area contributed by atoms with Crippen LogP contribution in [-0.4, -0.2) is 22.8 Å². The standard InChI is InChI=1S/C9H11F3N2S/c1-7-3-2-4-13-8(7)14-5-6-15-9(10,11)12/h2-4H,5-6H2,1H3,(H,13,14). The van der Waals surface area contributed by atoms with Crippen molar-refractivity contribution in [2.24, 2.45) is 0 Å². The normalized spacial score (nSPS) is 11.5. The van der Waals surface area contributed by atoms with Crippen molar-refractivity contribution in [3.8, 4) is 0 Å². The lowest BCUT2D eigenvalue weighted by Crippen LogP contribution is -2.10. The molecule has 1 N–H and O–H groups in total. The lowest BCUT2D eigenvalue weighted by atomic mass is 10.3. The Hall–Kier alpha value is -0.910. The van der Waals surface area contributed by atoms with Gasteiger partial charge in [0.25, 0.3) is 0 Å². The highest BCUT2D eigenvalue weighted by atomic mass is 32.2. The Labute approximate surface area is 90.3 Å². The molecule has 15 heavy (non-hydrogen) atoms. The third kappa shape index (κ3) is 4.92. The van der Waals surface area contributed by atoms with E-state index in [2.05, 4.69) is 10.3 Å². The fraction of sp³-hybridized carbons (Fsp3) is 0.444. The van der Waals surface area contributed by atoms with Crippen molar-refractivity contribution in [1.29, 1.82) is 0 Å². The van der Waals surface area contributed by atoms with E-state index in [1.165, 1.54) is 0 Å². The highest BCUT2D eigenvalue weighted by Crippen LogP contribution is 2.29. The van der Waals surface area contributed by atoms with Crippen LogP contribution in [-0.2, 0) is 0 Å². The SMILES string of the molecule is Cc1cccnc1NCCSC(F)(F)F. The van der Waals surface area contributed by atoms with E-state index < -0.39 is 5.51 Å². The van der Waals surface area contributed by atoms with E-state index in [0.717, 1.165) is 5.56 Å². The minimum atomic E-state index is -4.15. The zero-order valence-electron chi connectivity index (χ0n) is 8.14. The molecule has 0 amide bonds. The van der Waals surface area contributed by atoms with Crippen LogP contribution >= 0.6 is 11.8 Å². The van der Waals surface area contributed by atoms with Crippen molar-refractivity contribution in [2.45, 2.75) is 12.4 Å². The second-order valence-electron chi connectivity index (χ2n) is 2.89. The molecule has 0 fully saturated rings. The summed E-state index contributed by atoms with van der Waals surface area (Å²) < 4.78 is 35.3. The summed E-state index contributed by atoms with van der Waals surface area (Å²) >= 11 is -0.0316. The number of hydrogen-bond donors (Lipinski definition) is 1. The van der Waals surface area contributed by atoms with Crippen molar-refractivity contribution >= 4 is 17.6 Å². The molecule has 0 saturated carbocycles. The predicted octanol–water partition coefficient (Wildman–Crippen LogP) is 3.05. The van der Waals surface area contributed by atoms with E-state index in [1.807, 2.05) is 13.0 Å². The van der Waals surface area contributed by atoms with Gasteiger partial charge in [-0.15, -0.1) is 0 Å². The Kier molecular flexibility index (Phi) is 4.26. The number of hydrogen-bond acceptors (Lipinski definition) is 3. The molecule has 2 nitrogen and oxygen atoms in total. The summed E-state index contributed by atoms with van der Waals surface area (Å²) in [7, 11) is 0. The van der Waals surface area contributed by atoms with Gasteiger partial charge in [-0.25, -0.2) is 4.98 Å². The molecule has 0 saturated heterocycles. The largest absolute Gasteiger partial charge is 0.441 e. The van der Waals surface area contributed by atoms with E-state index in [4.69, 9.17) is 0 Å². The van der Waals surface area contributed by atoms with Gasteiger partial charge in [-0.1, -0.05) is 6.07 Å². The number of nitrogens with one attached hydrogen (secondary N) is 1. The number of nitrogens with zero attached hydrogens (tertiary/aromatic N) is 1. The van der Waals surface area contributed by atoms with Gasteiger partial charge in [0.1, 0.15) is 5.82 Å². The van der Waals surface area contributed by atoms with Gasteiger partial charge in [0.15, 0.2) is 0 Å². The molecule has 0 aliphatic heterocycles. The summed E-state index contributed by atoms with van der Waals surface area (Å²) in [5.41, 5.74) is -3.23. The summed E-state index contributed by atoms with van der Waals surface area (Å²) in [6.45, 7) is 2.11. The van der Waals surface area contributed by atoms with Gasteiger partial charge < -0.3 is 5.32 Å². The average molecular weight is 236 g/mol. The number of aromatic nitrogens is 1. The maximum absolute atomic E-state index is 11.8. The van der Waals surface area contributed by atoms with Crippen LogP contribution in [0.15, 0.2) is 18.3 Å². The molecule has 0 aliphatic carbocycles. The van der Waals surface area contributed by atoms with E-state index in [0.29, 0.717) is 5.82 Å². The van der Waals surface area contributed by atoms with Crippen LogP contribution < -0.4 is 5.32 Å². The van der Waals surface area contributed by atoms with Gasteiger partial charge in [-0.2, -0.15) is 13.2 Å². The molecule has 0 spiro atoms. The topological polar surface area (TPSA) is 24.9 Å². The Morgan fingerprint density at radius 3 is 2.80 bits per heavy atom. The minimum Gasteiger partial charge on any atom is -0.369 e.